The molecule has 136 valence electrons. The quantitative estimate of drug-likeness (QED) is 0.593. The van der Waals surface area contributed by atoms with Gasteiger partial charge in [0, 0.05) is 16.5 Å². The Kier molecular flexibility index (Phi) is 4.61. The third kappa shape index (κ3) is 3.78. The van der Waals surface area contributed by atoms with Gasteiger partial charge in [-0.3, -0.25) is 9.78 Å². The Hall–Kier alpha value is -2.27. The van der Waals surface area contributed by atoms with Crippen LogP contribution >= 0.6 is 11.8 Å². The maximum atomic E-state index is 11.3. The van der Waals surface area contributed by atoms with Crippen LogP contribution in [0.3, 0.4) is 0 Å². The van der Waals surface area contributed by atoms with Crippen LogP contribution in [0.2, 0.25) is 0 Å². The minimum Gasteiger partial charge on any atom is -0.480 e. The maximum absolute atomic E-state index is 11.3. The second-order valence-corrected chi connectivity index (χ2v) is 9.60. The summed E-state index contributed by atoms with van der Waals surface area (Å²) < 4.78 is 5.08. The van der Waals surface area contributed by atoms with E-state index >= 15 is 0 Å². The van der Waals surface area contributed by atoms with Crippen LogP contribution in [0.15, 0.2) is 51.9 Å². The molecule has 0 amide bonds. The van der Waals surface area contributed by atoms with Crippen molar-refractivity contribution in [1.29, 1.82) is 0 Å². The van der Waals surface area contributed by atoms with Gasteiger partial charge in [-0.25, -0.2) is 0 Å². The van der Waals surface area contributed by atoms with Crippen LogP contribution in [-0.4, -0.2) is 20.8 Å². The summed E-state index contributed by atoms with van der Waals surface area (Å²) in [5.74, 6) is -0.121. The minimum atomic E-state index is -0.886. The van der Waals surface area contributed by atoms with Crippen LogP contribution in [0.5, 0.6) is 0 Å². The van der Waals surface area contributed by atoms with Crippen LogP contribution < -0.4 is 0 Å². The fourth-order valence-electron chi connectivity index (χ4n) is 2.58. The highest BCUT2D eigenvalue weighted by molar-refractivity contribution is 8.01. The summed E-state index contributed by atoms with van der Waals surface area (Å²) in [6, 6.07) is 11.8. The van der Waals surface area contributed by atoms with Crippen molar-refractivity contribution in [3.8, 4) is 11.5 Å². The third-order valence-corrected chi connectivity index (χ3v) is 5.43. The predicted molar refractivity (Wildman–Crippen MR) is 106 cm³/mol. The molecule has 2 aromatic heterocycles. The van der Waals surface area contributed by atoms with Gasteiger partial charge < -0.3 is 9.52 Å². The first-order chi connectivity index (χ1) is 12.1. The summed E-state index contributed by atoms with van der Waals surface area (Å²) in [5, 5.41) is 10.3. The van der Waals surface area contributed by atoms with Crippen LogP contribution in [0.4, 0.5) is 0 Å². The van der Waals surface area contributed by atoms with Gasteiger partial charge in [-0.2, -0.15) is 0 Å². The molecule has 2 heterocycles. The Labute approximate surface area is 157 Å². The Morgan fingerprint density at radius 3 is 2.46 bits per heavy atom. The number of carboxylic acids is 1. The number of thioether (sulfide) groups is 1. The zero-order chi connectivity index (χ0) is 19.1. The number of aromatic nitrogens is 1. The lowest BCUT2D eigenvalue weighted by Gasteiger charge is -2.18. The molecule has 0 fully saturated rings. The van der Waals surface area contributed by atoms with E-state index in [1.54, 1.807) is 20.0 Å². The Morgan fingerprint density at radius 1 is 1.08 bits per heavy atom. The number of fused-ring (bicyclic) bond motifs is 1. The lowest BCUT2D eigenvalue weighted by molar-refractivity contribution is -0.138. The number of pyridine rings is 1. The molecule has 26 heavy (non-hydrogen) atoms. The van der Waals surface area contributed by atoms with Crippen LogP contribution in [0.1, 0.15) is 40.2 Å². The first-order valence-corrected chi connectivity index (χ1v) is 9.31. The number of benzene rings is 1. The van der Waals surface area contributed by atoms with Crippen molar-refractivity contribution < 1.29 is 14.3 Å². The molecule has 1 N–H and O–H groups in total. The minimum absolute atomic E-state index is 0.0376. The number of hydrogen-bond donors (Lipinski definition) is 1. The monoisotopic (exact) mass is 369 g/mol. The number of nitrogens with zero attached hydrogens (tertiary/aromatic N) is 1. The normalized spacial score (nSPS) is 12.5. The molecule has 1 aromatic carbocycles. The van der Waals surface area contributed by atoms with Crippen molar-refractivity contribution in [3.05, 3.63) is 48.2 Å². The fraction of sp³-hybridized carbons (Fsp3) is 0.333. The van der Waals surface area contributed by atoms with Crippen molar-refractivity contribution in [2.45, 2.75) is 49.7 Å². The van der Waals surface area contributed by atoms with E-state index in [9.17, 15) is 9.90 Å². The molecule has 0 saturated carbocycles. The molecule has 0 aliphatic rings. The highest BCUT2D eigenvalue weighted by Crippen LogP contribution is 2.36. The van der Waals surface area contributed by atoms with Gasteiger partial charge in [0.2, 0.25) is 0 Å². The first-order valence-electron chi connectivity index (χ1n) is 8.49. The largest absolute Gasteiger partial charge is 0.480 e. The second-order valence-electron chi connectivity index (χ2n) is 7.91. The third-order valence-electron chi connectivity index (χ3n) is 4.25. The summed E-state index contributed by atoms with van der Waals surface area (Å²) in [4.78, 5) is 16.7. The maximum Gasteiger partial charge on any atom is 0.319 e. The molecular formula is C21H23NO3S. The Morgan fingerprint density at radius 2 is 1.81 bits per heavy atom. The molecule has 0 aliphatic carbocycles. The molecule has 4 nitrogen and oxygen atoms in total. The molecule has 0 atom stereocenters. The van der Waals surface area contributed by atoms with Gasteiger partial charge in [0.05, 0.1) is 0 Å². The molecule has 3 aromatic rings. The van der Waals surface area contributed by atoms with Gasteiger partial charge in [-0.15, -0.1) is 11.8 Å². The van der Waals surface area contributed by atoms with E-state index in [1.807, 2.05) is 30.3 Å². The lowest BCUT2D eigenvalue weighted by atomic mass is 9.87. The molecule has 0 unspecified atom stereocenters. The van der Waals surface area contributed by atoms with Crippen molar-refractivity contribution in [2.24, 2.45) is 0 Å². The summed E-state index contributed by atoms with van der Waals surface area (Å²) in [6.07, 6.45) is 1.81. The number of hydrogen-bond acceptors (Lipinski definition) is 4. The Bertz CT molecular complexity index is 967. The van der Waals surface area contributed by atoms with Crippen LogP contribution in [0.25, 0.3) is 22.4 Å². The SMILES string of the molecule is CC(C)(Sc1ccc2oc(-c3cc(C(C)(C)C)ccn3)cc2c1)C(=O)O. The molecule has 0 radical (unpaired) electrons. The van der Waals surface area contributed by atoms with E-state index in [0.29, 0.717) is 5.76 Å². The molecule has 0 aliphatic heterocycles. The molecule has 0 saturated heterocycles. The highest BCUT2D eigenvalue weighted by Gasteiger charge is 2.28. The smallest absolute Gasteiger partial charge is 0.319 e. The average molecular weight is 369 g/mol. The number of carbonyl (C=O) groups is 1. The van der Waals surface area contributed by atoms with Crippen molar-refractivity contribution >= 4 is 28.7 Å². The Balaban J connectivity index is 1.97. The molecule has 3 rings (SSSR count). The van der Waals surface area contributed by atoms with Crippen LogP contribution in [-0.2, 0) is 10.2 Å². The number of carboxylic acid groups (broad SMARTS) is 1. The van der Waals surface area contributed by atoms with Gasteiger partial charge >= 0.3 is 5.97 Å². The first kappa shape index (κ1) is 18.5. The van der Waals surface area contributed by atoms with E-state index in [1.165, 1.54) is 17.3 Å². The zero-order valence-electron chi connectivity index (χ0n) is 15.7. The second kappa shape index (κ2) is 6.47. The summed E-state index contributed by atoms with van der Waals surface area (Å²) in [7, 11) is 0. The van der Waals surface area contributed by atoms with Crippen molar-refractivity contribution in [3.63, 3.8) is 0 Å². The van der Waals surface area contributed by atoms with E-state index < -0.39 is 10.7 Å². The number of rotatable bonds is 4. The van der Waals surface area contributed by atoms with Crippen molar-refractivity contribution in [2.75, 3.05) is 0 Å². The van der Waals surface area contributed by atoms with Gasteiger partial charge in [0.15, 0.2) is 5.76 Å². The predicted octanol–water partition coefficient (Wildman–Crippen LogP) is 5.75. The zero-order valence-corrected chi connectivity index (χ0v) is 16.5. The van der Waals surface area contributed by atoms with E-state index in [2.05, 4.69) is 31.8 Å². The molecule has 0 spiro atoms. The topological polar surface area (TPSA) is 63.3 Å². The summed E-state index contributed by atoms with van der Waals surface area (Å²) >= 11 is 1.32. The van der Waals surface area contributed by atoms with Gasteiger partial charge in [-0.1, -0.05) is 20.8 Å². The van der Waals surface area contributed by atoms with Crippen LogP contribution in [0, 0.1) is 0 Å². The average Bonchev–Trinajstić information content (AvgIpc) is 2.97. The lowest BCUT2D eigenvalue weighted by Crippen LogP contribution is -2.26. The number of furan rings is 1. The summed E-state index contributed by atoms with van der Waals surface area (Å²) in [6.45, 7) is 9.90. The number of aliphatic carboxylic acids is 1. The van der Waals surface area contributed by atoms with E-state index in [-0.39, 0.29) is 5.41 Å². The standard InChI is InChI=1S/C21H23NO3S/c1-20(2,3)14-8-9-22-16(12-14)18-11-13-10-15(6-7-17(13)25-18)26-21(4,5)19(23)24/h6-12H,1-5H3,(H,23,24). The van der Waals surface area contributed by atoms with E-state index in [4.69, 9.17) is 4.42 Å². The highest BCUT2D eigenvalue weighted by atomic mass is 32.2. The van der Waals surface area contributed by atoms with Gasteiger partial charge in [0.25, 0.3) is 0 Å². The summed E-state index contributed by atoms with van der Waals surface area (Å²) in [5.41, 5.74) is 2.80. The molecular weight excluding hydrogens is 346 g/mol. The fourth-order valence-corrected chi connectivity index (χ4v) is 3.58. The van der Waals surface area contributed by atoms with Gasteiger partial charge in [0.1, 0.15) is 16.0 Å². The van der Waals surface area contributed by atoms with E-state index in [0.717, 1.165) is 21.6 Å². The molecule has 5 heteroatoms. The van der Waals surface area contributed by atoms with Gasteiger partial charge in [-0.05, 0) is 61.2 Å². The van der Waals surface area contributed by atoms with Crippen molar-refractivity contribution in [1.82, 2.24) is 4.98 Å². The molecule has 0 bridgehead atoms.